The van der Waals surface area contributed by atoms with E-state index in [4.69, 9.17) is 20.9 Å². The molecule has 0 spiro atoms. The molecule has 1 fully saturated rings. The number of piperidine rings is 1. The number of nitrogens with zero attached hydrogens (tertiary/aromatic N) is 2. The summed E-state index contributed by atoms with van der Waals surface area (Å²) in [5.41, 5.74) is 0. The van der Waals surface area contributed by atoms with Crippen LogP contribution in [0.2, 0.25) is 5.02 Å². The first-order valence-electron chi connectivity index (χ1n) is 7.19. The Labute approximate surface area is 128 Å². The molecule has 1 aliphatic heterocycles. The van der Waals surface area contributed by atoms with Crippen LogP contribution >= 0.6 is 11.6 Å². The lowest BCUT2D eigenvalue weighted by Crippen LogP contribution is -2.27. The third kappa shape index (κ3) is 3.54. The Morgan fingerprint density at radius 2 is 2.19 bits per heavy atom. The van der Waals surface area contributed by atoms with Crippen LogP contribution in [0.5, 0.6) is 5.75 Å². The van der Waals surface area contributed by atoms with Crippen LogP contribution in [-0.4, -0.2) is 23.2 Å². The molecule has 1 aliphatic rings. The van der Waals surface area contributed by atoms with Crippen molar-refractivity contribution in [2.45, 2.75) is 31.8 Å². The molecular weight excluding hydrogens is 290 g/mol. The number of aromatic nitrogens is 2. The Bertz CT molecular complexity index is 596. The van der Waals surface area contributed by atoms with Gasteiger partial charge in [0.1, 0.15) is 5.75 Å². The third-order valence-corrected chi connectivity index (χ3v) is 3.85. The lowest BCUT2D eigenvalue weighted by Gasteiger charge is -2.19. The SMILES string of the molecule is CC(Oc1cccc(Cl)c1)c1nc(C2CCNCC2)no1. The van der Waals surface area contributed by atoms with Crippen molar-refractivity contribution in [3.05, 3.63) is 41.0 Å². The Balaban J connectivity index is 1.67. The van der Waals surface area contributed by atoms with Crippen LogP contribution in [0.1, 0.15) is 43.5 Å². The summed E-state index contributed by atoms with van der Waals surface area (Å²) in [6.07, 6.45) is 1.79. The van der Waals surface area contributed by atoms with Crippen LogP contribution in [0.4, 0.5) is 0 Å². The molecule has 112 valence electrons. The average Bonchev–Trinajstić information content (AvgIpc) is 2.98. The molecular formula is C15H18ClN3O2. The van der Waals surface area contributed by atoms with E-state index in [1.165, 1.54) is 0 Å². The monoisotopic (exact) mass is 307 g/mol. The molecule has 0 saturated carbocycles. The van der Waals surface area contributed by atoms with Gasteiger partial charge in [-0.2, -0.15) is 4.98 Å². The highest BCUT2D eigenvalue weighted by molar-refractivity contribution is 6.30. The topological polar surface area (TPSA) is 60.2 Å². The van der Waals surface area contributed by atoms with Crippen molar-refractivity contribution in [3.8, 4) is 5.75 Å². The van der Waals surface area contributed by atoms with Crippen molar-refractivity contribution in [1.29, 1.82) is 0 Å². The van der Waals surface area contributed by atoms with E-state index in [2.05, 4.69) is 15.5 Å². The minimum Gasteiger partial charge on any atom is -0.481 e. The zero-order valence-corrected chi connectivity index (χ0v) is 12.6. The molecule has 1 unspecified atom stereocenters. The van der Waals surface area contributed by atoms with Crippen LogP contribution in [0.3, 0.4) is 0 Å². The van der Waals surface area contributed by atoms with Crippen molar-refractivity contribution in [2.75, 3.05) is 13.1 Å². The zero-order chi connectivity index (χ0) is 14.7. The summed E-state index contributed by atoms with van der Waals surface area (Å²) in [5.74, 6) is 2.36. The number of hydrogen-bond acceptors (Lipinski definition) is 5. The molecule has 6 heteroatoms. The van der Waals surface area contributed by atoms with E-state index in [9.17, 15) is 0 Å². The second-order valence-corrected chi connectivity index (χ2v) is 5.67. The maximum Gasteiger partial charge on any atom is 0.267 e. The first kappa shape index (κ1) is 14.4. The first-order chi connectivity index (χ1) is 10.2. The van der Waals surface area contributed by atoms with E-state index in [0.717, 1.165) is 31.8 Å². The summed E-state index contributed by atoms with van der Waals surface area (Å²) in [6.45, 7) is 3.90. The van der Waals surface area contributed by atoms with Crippen molar-refractivity contribution in [3.63, 3.8) is 0 Å². The standard InChI is InChI=1S/C15H18ClN3O2/c1-10(20-13-4-2-3-12(16)9-13)15-18-14(19-21-15)11-5-7-17-8-6-11/h2-4,9-11,17H,5-8H2,1H3. The van der Waals surface area contributed by atoms with Gasteiger partial charge in [0.15, 0.2) is 11.9 Å². The molecule has 0 radical (unpaired) electrons. The Morgan fingerprint density at radius 3 is 2.95 bits per heavy atom. The molecule has 1 N–H and O–H groups in total. The van der Waals surface area contributed by atoms with Gasteiger partial charge in [-0.3, -0.25) is 0 Å². The molecule has 2 heterocycles. The highest BCUT2D eigenvalue weighted by Gasteiger charge is 2.23. The maximum absolute atomic E-state index is 5.94. The van der Waals surface area contributed by atoms with Gasteiger partial charge < -0.3 is 14.6 Å². The summed E-state index contributed by atoms with van der Waals surface area (Å²) in [5, 5.41) is 8.07. The van der Waals surface area contributed by atoms with Gasteiger partial charge in [-0.15, -0.1) is 0 Å². The van der Waals surface area contributed by atoms with Crippen LogP contribution in [-0.2, 0) is 0 Å². The van der Waals surface area contributed by atoms with Crippen LogP contribution in [0, 0.1) is 0 Å². The van der Waals surface area contributed by atoms with E-state index in [-0.39, 0.29) is 6.10 Å². The van der Waals surface area contributed by atoms with E-state index in [0.29, 0.717) is 22.6 Å². The first-order valence-corrected chi connectivity index (χ1v) is 7.56. The Hall–Kier alpha value is -1.59. The second-order valence-electron chi connectivity index (χ2n) is 5.23. The van der Waals surface area contributed by atoms with Crippen molar-refractivity contribution in [1.82, 2.24) is 15.5 Å². The van der Waals surface area contributed by atoms with Gasteiger partial charge in [-0.25, -0.2) is 0 Å². The third-order valence-electron chi connectivity index (χ3n) is 3.62. The second kappa shape index (κ2) is 6.45. The van der Waals surface area contributed by atoms with Crippen molar-refractivity contribution < 1.29 is 9.26 Å². The molecule has 1 saturated heterocycles. The van der Waals surface area contributed by atoms with E-state index in [1.54, 1.807) is 12.1 Å². The fourth-order valence-corrected chi connectivity index (χ4v) is 2.63. The molecule has 21 heavy (non-hydrogen) atoms. The summed E-state index contributed by atoms with van der Waals surface area (Å²) < 4.78 is 11.1. The summed E-state index contributed by atoms with van der Waals surface area (Å²) in [4.78, 5) is 4.49. The quantitative estimate of drug-likeness (QED) is 0.939. The molecule has 1 aromatic heterocycles. The minimum absolute atomic E-state index is 0.300. The van der Waals surface area contributed by atoms with Gasteiger partial charge in [0, 0.05) is 10.9 Å². The highest BCUT2D eigenvalue weighted by atomic mass is 35.5. The lowest BCUT2D eigenvalue weighted by atomic mass is 9.98. The summed E-state index contributed by atoms with van der Waals surface area (Å²) >= 11 is 5.94. The number of ether oxygens (including phenoxy) is 1. The number of halogens is 1. The fourth-order valence-electron chi connectivity index (χ4n) is 2.45. The number of hydrogen-bond donors (Lipinski definition) is 1. The van der Waals surface area contributed by atoms with E-state index < -0.39 is 0 Å². The Morgan fingerprint density at radius 1 is 1.38 bits per heavy atom. The highest BCUT2D eigenvalue weighted by Crippen LogP contribution is 2.26. The van der Waals surface area contributed by atoms with Crippen LogP contribution in [0.15, 0.2) is 28.8 Å². The van der Waals surface area contributed by atoms with Gasteiger partial charge in [-0.1, -0.05) is 22.8 Å². The van der Waals surface area contributed by atoms with Crippen LogP contribution < -0.4 is 10.1 Å². The molecule has 2 aromatic rings. The molecule has 0 aliphatic carbocycles. The van der Waals surface area contributed by atoms with E-state index >= 15 is 0 Å². The van der Waals surface area contributed by atoms with Gasteiger partial charge in [0.2, 0.25) is 0 Å². The largest absolute Gasteiger partial charge is 0.481 e. The summed E-state index contributed by atoms with van der Waals surface area (Å²) in [6, 6.07) is 7.27. The molecule has 1 aromatic carbocycles. The van der Waals surface area contributed by atoms with Crippen LogP contribution in [0.25, 0.3) is 0 Å². The van der Waals surface area contributed by atoms with E-state index in [1.807, 2.05) is 19.1 Å². The predicted octanol–water partition coefficient (Wildman–Crippen LogP) is 3.33. The fraction of sp³-hybridized carbons (Fsp3) is 0.467. The van der Waals surface area contributed by atoms with Gasteiger partial charge in [-0.05, 0) is 51.1 Å². The smallest absolute Gasteiger partial charge is 0.267 e. The zero-order valence-electron chi connectivity index (χ0n) is 11.9. The summed E-state index contributed by atoms with van der Waals surface area (Å²) in [7, 11) is 0. The number of nitrogens with one attached hydrogen (secondary N) is 1. The minimum atomic E-state index is -0.300. The maximum atomic E-state index is 5.94. The number of rotatable bonds is 4. The Kier molecular flexibility index (Phi) is 4.41. The van der Waals surface area contributed by atoms with Crippen molar-refractivity contribution >= 4 is 11.6 Å². The van der Waals surface area contributed by atoms with Gasteiger partial charge in [0.05, 0.1) is 0 Å². The molecule has 0 bridgehead atoms. The number of benzene rings is 1. The molecule has 0 amide bonds. The van der Waals surface area contributed by atoms with Gasteiger partial charge in [0.25, 0.3) is 5.89 Å². The van der Waals surface area contributed by atoms with Crippen molar-refractivity contribution in [2.24, 2.45) is 0 Å². The average molecular weight is 308 g/mol. The molecule has 3 rings (SSSR count). The normalized spacial score (nSPS) is 17.6. The molecule has 1 atom stereocenters. The predicted molar refractivity (Wildman–Crippen MR) is 79.6 cm³/mol. The molecule has 5 nitrogen and oxygen atoms in total. The lowest BCUT2D eigenvalue weighted by molar-refractivity contribution is 0.175. The van der Waals surface area contributed by atoms with Gasteiger partial charge >= 0.3 is 0 Å².